The van der Waals surface area contributed by atoms with E-state index >= 15 is 0 Å². The quantitative estimate of drug-likeness (QED) is 0.734. The molecular formula is C23H27N3O. The Morgan fingerprint density at radius 1 is 1.04 bits per heavy atom. The SMILES string of the molecule is O[C@]1(c2ccccc2)CCN(Cc2nc3ccccc3[nH]2)[C@@H]2CCCC[C@@H]21. The van der Waals surface area contributed by atoms with Crippen molar-refractivity contribution in [1.29, 1.82) is 0 Å². The molecule has 0 amide bonds. The average Bonchev–Trinajstić information content (AvgIpc) is 3.13. The fourth-order valence-corrected chi connectivity index (χ4v) is 5.33. The molecule has 0 spiro atoms. The molecule has 0 bridgehead atoms. The smallest absolute Gasteiger partial charge is 0.121 e. The van der Waals surface area contributed by atoms with E-state index < -0.39 is 5.60 Å². The van der Waals surface area contributed by atoms with Crippen LogP contribution in [0.1, 0.15) is 43.5 Å². The number of nitrogens with zero attached hydrogens (tertiary/aromatic N) is 2. The summed E-state index contributed by atoms with van der Waals surface area (Å²) in [6, 6.07) is 19.0. The predicted molar refractivity (Wildman–Crippen MR) is 107 cm³/mol. The van der Waals surface area contributed by atoms with Gasteiger partial charge in [0.15, 0.2) is 0 Å². The summed E-state index contributed by atoms with van der Waals surface area (Å²) in [4.78, 5) is 10.8. The number of hydrogen-bond donors (Lipinski definition) is 2. The van der Waals surface area contributed by atoms with Crippen LogP contribution in [-0.2, 0) is 12.1 Å². The first-order valence-electron chi connectivity index (χ1n) is 10.2. The number of likely N-dealkylation sites (tertiary alicyclic amines) is 1. The van der Waals surface area contributed by atoms with Crippen molar-refractivity contribution in [3.63, 3.8) is 0 Å². The molecule has 140 valence electrons. The highest BCUT2D eigenvalue weighted by molar-refractivity contribution is 5.74. The Hall–Kier alpha value is -2.17. The first kappa shape index (κ1) is 17.0. The third-order valence-corrected chi connectivity index (χ3v) is 6.66. The van der Waals surface area contributed by atoms with E-state index in [9.17, 15) is 5.11 Å². The summed E-state index contributed by atoms with van der Waals surface area (Å²) < 4.78 is 0. The lowest BCUT2D eigenvalue weighted by molar-refractivity contribution is -0.123. The number of benzene rings is 2. The zero-order chi connectivity index (χ0) is 18.3. The van der Waals surface area contributed by atoms with Crippen molar-refractivity contribution in [2.45, 2.75) is 50.3 Å². The first-order chi connectivity index (χ1) is 13.2. The van der Waals surface area contributed by atoms with Crippen LogP contribution >= 0.6 is 0 Å². The Kier molecular flexibility index (Phi) is 4.25. The van der Waals surface area contributed by atoms with Crippen LogP contribution in [0.3, 0.4) is 0 Å². The van der Waals surface area contributed by atoms with E-state index in [0.29, 0.717) is 12.0 Å². The molecule has 1 aromatic heterocycles. The monoisotopic (exact) mass is 361 g/mol. The van der Waals surface area contributed by atoms with Crippen LogP contribution < -0.4 is 0 Å². The molecular weight excluding hydrogens is 334 g/mol. The number of aromatic amines is 1. The number of rotatable bonds is 3. The average molecular weight is 361 g/mol. The highest BCUT2D eigenvalue weighted by atomic mass is 16.3. The van der Waals surface area contributed by atoms with Gasteiger partial charge in [0.1, 0.15) is 5.82 Å². The maximum absolute atomic E-state index is 11.7. The standard InChI is InChI=1S/C23H27N3O/c27-23(17-8-2-1-3-9-17)14-15-26(21-13-7-4-10-18(21)23)16-22-24-19-11-5-6-12-20(19)25-22/h1-3,5-6,8-9,11-12,18,21,27H,4,7,10,13-16H2,(H,24,25)/t18-,21+,23-/m0/s1. The van der Waals surface area contributed by atoms with Crippen molar-refractivity contribution >= 4 is 11.0 Å². The number of nitrogens with one attached hydrogen (secondary N) is 1. The number of para-hydroxylation sites is 2. The van der Waals surface area contributed by atoms with Gasteiger partial charge in [-0.05, 0) is 37.0 Å². The van der Waals surface area contributed by atoms with Gasteiger partial charge in [-0.1, -0.05) is 55.3 Å². The second-order valence-electron chi connectivity index (χ2n) is 8.17. The summed E-state index contributed by atoms with van der Waals surface area (Å²) in [5.41, 5.74) is 2.53. The summed E-state index contributed by atoms with van der Waals surface area (Å²) in [5, 5.41) is 11.7. The van der Waals surface area contributed by atoms with E-state index in [4.69, 9.17) is 4.98 Å². The van der Waals surface area contributed by atoms with E-state index in [-0.39, 0.29) is 0 Å². The van der Waals surface area contributed by atoms with Crippen LogP contribution in [0.2, 0.25) is 0 Å². The number of fused-ring (bicyclic) bond motifs is 2. The summed E-state index contributed by atoms with van der Waals surface area (Å²) in [6.07, 6.45) is 5.53. The Morgan fingerprint density at radius 2 is 1.81 bits per heavy atom. The molecule has 2 N–H and O–H groups in total. The molecule has 2 fully saturated rings. The van der Waals surface area contributed by atoms with Gasteiger partial charge in [-0.25, -0.2) is 4.98 Å². The van der Waals surface area contributed by atoms with E-state index in [0.717, 1.165) is 48.4 Å². The van der Waals surface area contributed by atoms with Crippen molar-refractivity contribution in [3.8, 4) is 0 Å². The van der Waals surface area contributed by atoms with Crippen molar-refractivity contribution in [2.75, 3.05) is 6.54 Å². The van der Waals surface area contributed by atoms with Gasteiger partial charge in [-0.15, -0.1) is 0 Å². The zero-order valence-corrected chi connectivity index (χ0v) is 15.6. The largest absolute Gasteiger partial charge is 0.385 e. The molecule has 1 saturated heterocycles. The van der Waals surface area contributed by atoms with Gasteiger partial charge in [0, 0.05) is 18.5 Å². The molecule has 4 heteroatoms. The Morgan fingerprint density at radius 3 is 2.67 bits per heavy atom. The van der Waals surface area contributed by atoms with Crippen LogP contribution in [0.25, 0.3) is 11.0 Å². The molecule has 2 aromatic carbocycles. The second kappa shape index (κ2) is 6.77. The molecule has 27 heavy (non-hydrogen) atoms. The molecule has 0 radical (unpaired) electrons. The van der Waals surface area contributed by atoms with Gasteiger partial charge in [0.05, 0.1) is 23.2 Å². The van der Waals surface area contributed by atoms with Gasteiger partial charge < -0.3 is 10.1 Å². The van der Waals surface area contributed by atoms with Crippen molar-refractivity contribution in [3.05, 3.63) is 66.0 Å². The van der Waals surface area contributed by atoms with Crippen molar-refractivity contribution in [2.24, 2.45) is 5.92 Å². The van der Waals surface area contributed by atoms with Gasteiger partial charge in [-0.2, -0.15) is 0 Å². The lowest BCUT2D eigenvalue weighted by Crippen LogP contribution is -2.57. The Labute approximate surface area is 160 Å². The number of piperidine rings is 1. The van der Waals surface area contributed by atoms with Gasteiger partial charge in [0.25, 0.3) is 0 Å². The van der Waals surface area contributed by atoms with Crippen molar-refractivity contribution in [1.82, 2.24) is 14.9 Å². The van der Waals surface area contributed by atoms with E-state index in [1.807, 2.05) is 30.3 Å². The molecule has 4 nitrogen and oxygen atoms in total. The predicted octanol–water partition coefficient (Wildman–Crippen LogP) is 4.22. The number of aromatic nitrogens is 2. The maximum Gasteiger partial charge on any atom is 0.121 e. The molecule has 3 aromatic rings. The number of hydrogen-bond acceptors (Lipinski definition) is 3. The number of aliphatic hydroxyl groups is 1. The molecule has 5 rings (SSSR count). The minimum absolute atomic E-state index is 0.298. The summed E-state index contributed by atoms with van der Waals surface area (Å²) in [7, 11) is 0. The topological polar surface area (TPSA) is 52.1 Å². The minimum Gasteiger partial charge on any atom is -0.385 e. The molecule has 1 aliphatic carbocycles. The third-order valence-electron chi connectivity index (χ3n) is 6.66. The fourth-order valence-electron chi connectivity index (χ4n) is 5.33. The summed E-state index contributed by atoms with van der Waals surface area (Å²) >= 11 is 0. The third kappa shape index (κ3) is 2.97. The highest BCUT2D eigenvalue weighted by Crippen LogP contribution is 2.47. The molecule has 2 heterocycles. The van der Waals surface area contributed by atoms with Crippen LogP contribution in [0.4, 0.5) is 0 Å². The van der Waals surface area contributed by atoms with Crippen molar-refractivity contribution < 1.29 is 5.11 Å². The highest BCUT2D eigenvalue weighted by Gasteiger charge is 2.49. The van der Waals surface area contributed by atoms with Crippen LogP contribution in [0.5, 0.6) is 0 Å². The molecule has 0 unspecified atom stereocenters. The van der Waals surface area contributed by atoms with Gasteiger partial charge >= 0.3 is 0 Å². The van der Waals surface area contributed by atoms with Crippen LogP contribution in [0, 0.1) is 5.92 Å². The Bertz CT molecular complexity index is 889. The molecule has 1 saturated carbocycles. The first-order valence-corrected chi connectivity index (χ1v) is 10.2. The Balaban J connectivity index is 1.42. The van der Waals surface area contributed by atoms with E-state index in [2.05, 4.69) is 34.1 Å². The van der Waals surface area contributed by atoms with Gasteiger partial charge in [-0.3, -0.25) is 4.90 Å². The zero-order valence-electron chi connectivity index (χ0n) is 15.6. The van der Waals surface area contributed by atoms with Crippen LogP contribution in [-0.4, -0.2) is 32.6 Å². The normalized spacial score (nSPS) is 28.9. The lowest BCUT2D eigenvalue weighted by atomic mass is 9.66. The van der Waals surface area contributed by atoms with Gasteiger partial charge in [0.2, 0.25) is 0 Å². The summed E-state index contributed by atoms with van der Waals surface area (Å²) in [5.74, 6) is 1.33. The number of imidazole rings is 1. The fraction of sp³-hybridized carbons (Fsp3) is 0.435. The maximum atomic E-state index is 11.7. The molecule has 2 aliphatic rings. The lowest BCUT2D eigenvalue weighted by Gasteiger charge is -2.52. The number of H-pyrrole nitrogens is 1. The molecule has 3 atom stereocenters. The van der Waals surface area contributed by atoms with E-state index in [1.165, 1.54) is 19.3 Å². The molecule has 1 aliphatic heterocycles. The second-order valence-corrected chi connectivity index (χ2v) is 8.17. The van der Waals surface area contributed by atoms with Crippen LogP contribution in [0.15, 0.2) is 54.6 Å². The van der Waals surface area contributed by atoms with E-state index in [1.54, 1.807) is 0 Å². The minimum atomic E-state index is -0.698. The summed E-state index contributed by atoms with van der Waals surface area (Å²) in [6.45, 7) is 1.74.